The lowest BCUT2D eigenvalue weighted by Crippen LogP contribution is -2.28. The van der Waals surface area contributed by atoms with Gasteiger partial charge in [0.25, 0.3) is 0 Å². The van der Waals surface area contributed by atoms with Gasteiger partial charge in [-0.15, -0.1) is 0 Å². The Morgan fingerprint density at radius 1 is 1.28 bits per heavy atom. The number of nitrogens with one attached hydrogen (secondary N) is 1. The van der Waals surface area contributed by atoms with E-state index in [9.17, 15) is 0 Å². The molecule has 1 aliphatic rings. The highest BCUT2D eigenvalue weighted by molar-refractivity contribution is 5.12. The van der Waals surface area contributed by atoms with Crippen molar-refractivity contribution in [1.29, 1.82) is 0 Å². The number of allylic oxidation sites excluding steroid dienone is 1. The first-order chi connectivity index (χ1) is 8.90. The zero-order valence-corrected chi connectivity index (χ0v) is 11.5. The van der Waals surface area contributed by atoms with Crippen LogP contribution in [0.1, 0.15) is 50.7 Å². The summed E-state index contributed by atoms with van der Waals surface area (Å²) in [6.45, 7) is 0. The number of likely N-dealkylation sites (N-methyl/N-ethyl adjacent to an activating group) is 1. The first kappa shape index (κ1) is 13.4. The maximum atomic E-state index is 5.41. The van der Waals surface area contributed by atoms with Gasteiger partial charge in [-0.2, -0.15) is 0 Å². The maximum Gasteiger partial charge on any atom is 0.103 e. The molecule has 0 amide bonds. The van der Waals surface area contributed by atoms with E-state index in [1.54, 1.807) is 11.8 Å². The second-order valence-electron chi connectivity index (χ2n) is 5.19. The lowest BCUT2D eigenvalue weighted by molar-refractivity contribution is 0.472. The molecule has 0 saturated heterocycles. The van der Waals surface area contributed by atoms with Crippen LogP contribution in [0.25, 0.3) is 0 Å². The van der Waals surface area contributed by atoms with Crippen molar-refractivity contribution in [3.63, 3.8) is 0 Å². The summed E-state index contributed by atoms with van der Waals surface area (Å²) in [5.41, 5.74) is 1.61. The van der Waals surface area contributed by atoms with Crippen LogP contribution in [-0.2, 0) is 6.42 Å². The Morgan fingerprint density at radius 2 is 2.17 bits per heavy atom. The van der Waals surface area contributed by atoms with Gasteiger partial charge in [0.15, 0.2) is 0 Å². The summed E-state index contributed by atoms with van der Waals surface area (Å²) in [5.74, 6) is 1.10. The van der Waals surface area contributed by atoms with Crippen LogP contribution in [0.4, 0.5) is 0 Å². The Bertz CT molecular complexity index is 353. The summed E-state index contributed by atoms with van der Waals surface area (Å²) in [6, 6.07) is 4.56. The molecule has 1 aromatic heterocycles. The molecule has 0 radical (unpaired) electrons. The van der Waals surface area contributed by atoms with Crippen molar-refractivity contribution >= 4 is 0 Å². The van der Waals surface area contributed by atoms with Crippen molar-refractivity contribution in [2.45, 2.75) is 57.4 Å². The van der Waals surface area contributed by atoms with Crippen molar-refractivity contribution in [2.24, 2.45) is 0 Å². The highest BCUT2D eigenvalue weighted by Crippen LogP contribution is 2.22. The molecule has 1 aromatic rings. The van der Waals surface area contributed by atoms with E-state index in [0.29, 0.717) is 6.04 Å². The van der Waals surface area contributed by atoms with E-state index >= 15 is 0 Å². The molecule has 100 valence electrons. The fourth-order valence-electron chi connectivity index (χ4n) is 2.79. The predicted octanol–water partition coefficient (Wildman–Crippen LogP) is 4.08. The van der Waals surface area contributed by atoms with Gasteiger partial charge < -0.3 is 9.73 Å². The molecule has 1 N–H and O–H groups in total. The third-order valence-corrected chi connectivity index (χ3v) is 3.88. The van der Waals surface area contributed by atoms with Gasteiger partial charge in [-0.05, 0) is 51.3 Å². The van der Waals surface area contributed by atoms with Gasteiger partial charge in [-0.3, -0.25) is 0 Å². The van der Waals surface area contributed by atoms with E-state index < -0.39 is 0 Å². The molecular weight excluding hydrogens is 222 g/mol. The van der Waals surface area contributed by atoms with E-state index in [0.717, 1.165) is 18.6 Å². The van der Waals surface area contributed by atoms with Crippen LogP contribution in [0.5, 0.6) is 0 Å². The zero-order valence-electron chi connectivity index (χ0n) is 11.5. The highest BCUT2D eigenvalue weighted by Gasteiger charge is 2.13. The molecule has 0 fully saturated rings. The van der Waals surface area contributed by atoms with E-state index in [1.807, 2.05) is 6.07 Å². The first-order valence-electron chi connectivity index (χ1n) is 7.28. The summed E-state index contributed by atoms with van der Waals surface area (Å²) in [6.07, 6.45) is 14.4. The summed E-state index contributed by atoms with van der Waals surface area (Å²) in [5, 5.41) is 3.47. The van der Waals surface area contributed by atoms with Crippen LogP contribution in [0.3, 0.4) is 0 Å². The summed E-state index contributed by atoms with van der Waals surface area (Å²) >= 11 is 0. The van der Waals surface area contributed by atoms with Gasteiger partial charge in [0.05, 0.1) is 6.26 Å². The molecule has 0 aliphatic heterocycles. The molecule has 0 bridgehead atoms. The molecule has 1 heterocycles. The number of hydrogen-bond donors (Lipinski definition) is 1. The zero-order chi connectivity index (χ0) is 12.6. The quantitative estimate of drug-likeness (QED) is 0.793. The molecule has 2 nitrogen and oxygen atoms in total. The van der Waals surface area contributed by atoms with E-state index in [4.69, 9.17) is 4.42 Å². The van der Waals surface area contributed by atoms with E-state index in [1.165, 1.54) is 38.5 Å². The van der Waals surface area contributed by atoms with Crippen LogP contribution in [0, 0.1) is 0 Å². The van der Waals surface area contributed by atoms with Crippen molar-refractivity contribution in [3.8, 4) is 0 Å². The summed E-state index contributed by atoms with van der Waals surface area (Å²) in [4.78, 5) is 0. The third kappa shape index (κ3) is 4.02. The van der Waals surface area contributed by atoms with Crippen LogP contribution in [0.15, 0.2) is 34.5 Å². The second-order valence-corrected chi connectivity index (χ2v) is 5.19. The molecule has 0 spiro atoms. The fourth-order valence-corrected chi connectivity index (χ4v) is 2.79. The Kier molecular flexibility index (Phi) is 5.53. The summed E-state index contributed by atoms with van der Waals surface area (Å²) < 4.78 is 5.41. The van der Waals surface area contributed by atoms with Crippen LogP contribution in [-0.4, -0.2) is 13.1 Å². The third-order valence-electron chi connectivity index (χ3n) is 3.88. The minimum Gasteiger partial charge on any atom is -0.469 e. The second kappa shape index (κ2) is 7.42. The van der Waals surface area contributed by atoms with Crippen molar-refractivity contribution in [2.75, 3.05) is 7.05 Å². The Hall–Kier alpha value is -1.02. The van der Waals surface area contributed by atoms with Gasteiger partial charge in [0, 0.05) is 12.5 Å². The van der Waals surface area contributed by atoms with Gasteiger partial charge in [-0.1, -0.05) is 24.5 Å². The van der Waals surface area contributed by atoms with Crippen molar-refractivity contribution < 1.29 is 4.42 Å². The minimum atomic E-state index is 0.521. The summed E-state index contributed by atoms with van der Waals surface area (Å²) in [7, 11) is 2.08. The average Bonchev–Trinajstić information content (AvgIpc) is 2.84. The van der Waals surface area contributed by atoms with Gasteiger partial charge in [0.2, 0.25) is 0 Å². The molecule has 0 saturated carbocycles. The lowest BCUT2D eigenvalue weighted by atomic mass is 9.92. The largest absolute Gasteiger partial charge is 0.469 e. The lowest BCUT2D eigenvalue weighted by Gasteiger charge is -2.21. The van der Waals surface area contributed by atoms with E-state index in [2.05, 4.69) is 24.5 Å². The van der Waals surface area contributed by atoms with Crippen molar-refractivity contribution in [3.05, 3.63) is 35.8 Å². The molecule has 1 atom stereocenters. The number of rotatable bonds is 5. The molecule has 1 aliphatic carbocycles. The van der Waals surface area contributed by atoms with Crippen LogP contribution in [0.2, 0.25) is 0 Å². The Morgan fingerprint density at radius 3 is 2.94 bits per heavy atom. The molecule has 1 unspecified atom stereocenters. The average molecular weight is 247 g/mol. The molecule has 2 heteroatoms. The van der Waals surface area contributed by atoms with Gasteiger partial charge in [-0.25, -0.2) is 0 Å². The maximum absolute atomic E-state index is 5.41. The number of furan rings is 1. The highest BCUT2D eigenvalue weighted by atomic mass is 16.3. The first-order valence-corrected chi connectivity index (χ1v) is 7.28. The predicted molar refractivity (Wildman–Crippen MR) is 75.7 cm³/mol. The minimum absolute atomic E-state index is 0.521. The normalized spacial score (nSPS) is 21.7. The standard InChI is InChI=1S/C16H25NO/c1-17-16(12-11-15-10-7-13-18-15)14-8-5-3-2-4-6-9-14/h7-8,10,13,16-17H,2-6,9,11-12H2,1H3/b14-8+. The Balaban J connectivity index is 1.89. The topological polar surface area (TPSA) is 25.2 Å². The monoisotopic (exact) mass is 247 g/mol. The van der Waals surface area contributed by atoms with Crippen LogP contribution >= 0.6 is 0 Å². The van der Waals surface area contributed by atoms with Crippen molar-refractivity contribution in [1.82, 2.24) is 5.32 Å². The fraction of sp³-hybridized carbons (Fsp3) is 0.625. The molecular formula is C16H25NO. The molecule has 18 heavy (non-hydrogen) atoms. The van der Waals surface area contributed by atoms with Gasteiger partial charge >= 0.3 is 0 Å². The molecule has 2 rings (SSSR count). The molecule has 0 aromatic carbocycles. The van der Waals surface area contributed by atoms with Crippen LogP contribution < -0.4 is 5.32 Å². The van der Waals surface area contributed by atoms with E-state index in [-0.39, 0.29) is 0 Å². The SMILES string of the molecule is CNC(CCc1ccco1)/C1=C/CCCCCC1. The Labute approximate surface area is 110 Å². The number of aryl methyl sites for hydroxylation is 1. The number of hydrogen-bond acceptors (Lipinski definition) is 2. The smallest absolute Gasteiger partial charge is 0.103 e. The van der Waals surface area contributed by atoms with Gasteiger partial charge in [0.1, 0.15) is 5.76 Å².